The maximum atomic E-state index is 9.33. The Morgan fingerprint density at radius 3 is 2.50 bits per heavy atom. The molecule has 1 N–H and O–H groups in total. The zero-order valence-electron chi connectivity index (χ0n) is 7.66. The van der Waals surface area contributed by atoms with Crippen molar-refractivity contribution in [3.8, 4) is 5.75 Å². The number of hydrogen-bond acceptors (Lipinski definition) is 2. The van der Waals surface area contributed by atoms with Crippen LogP contribution in [0.4, 0.5) is 0 Å². The molecule has 0 aromatic heterocycles. The standard InChI is InChI=1S/C10H14O2/c1-7-6-9(12-3)4-5-10(7)8(2)11/h4-6,8,11H,1-3H3. The van der Waals surface area contributed by atoms with E-state index in [0.29, 0.717) is 0 Å². The number of ether oxygens (including phenoxy) is 1. The largest absolute Gasteiger partial charge is 0.497 e. The van der Waals surface area contributed by atoms with Crippen LogP contribution in [0.1, 0.15) is 24.2 Å². The zero-order chi connectivity index (χ0) is 9.14. The number of aliphatic hydroxyl groups excluding tert-OH is 1. The summed E-state index contributed by atoms with van der Waals surface area (Å²) >= 11 is 0. The summed E-state index contributed by atoms with van der Waals surface area (Å²) in [5.41, 5.74) is 2.01. The van der Waals surface area contributed by atoms with E-state index >= 15 is 0 Å². The third kappa shape index (κ3) is 1.77. The highest BCUT2D eigenvalue weighted by molar-refractivity contribution is 5.35. The second-order valence-electron chi connectivity index (χ2n) is 2.90. The Morgan fingerprint density at radius 2 is 2.08 bits per heavy atom. The summed E-state index contributed by atoms with van der Waals surface area (Å²) in [7, 11) is 1.64. The SMILES string of the molecule is COc1ccc(C(C)O)c(C)c1. The predicted molar refractivity (Wildman–Crippen MR) is 48.4 cm³/mol. The Labute approximate surface area is 72.8 Å². The highest BCUT2D eigenvalue weighted by atomic mass is 16.5. The van der Waals surface area contributed by atoms with E-state index in [4.69, 9.17) is 4.74 Å². The smallest absolute Gasteiger partial charge is 0.119 e. The van der Waals surface area contributed by atoms with E-state index in [-0.39, 0.29) is 0 Å². The van der Waals surface area contributed by atoms with E-state index in [0.717, 1.165) is 16.9 Å². The lowest BCUT2D eigenvalue weighted by molar-refractivity contribution is 0.198. The van der Waals surface area contributed by atoms with E-state index in [1.54, 1.807) is 14.0 Å². The van der Waals surface area contributed by atoms with Gasteiger partial charge < -0.3 is 9.84 Å². The van der Waals surface area contributed by atoms with Crippen LogP contribution in [0, 0.1) is 6.92 Å². The average molecular weight is 166 g/mol. The Morgan fingerprint density at radius 1 is 1.42 bits per heavy atom. The van der Waals surface area contributed by atoms with Crippen molar-refractivity contribution in [3.63, 3.8) is 0 Å². The van der Waals surface area contributed by atoms with Crippen molar-refractivity contribution in [2.75, 3.05) is 7.11 Å². The van der Waals surface area contributed by atoms with Crippen molar-refractivity contribution in [1.82, 2.24) is 0 Å². The van der Waals surface area contributed by atoms with Crippen LogP contribution < -0.4 is 4.74 Å². The predicted octanol–water partition coefficient (Wildman–Crippen LogP) is 2.06. The van der Waals surface area contributed by atoms with Gasteiger partial charge in [0.2, 0.25) is 0 Å². The molecule has 66 valence electrons. The van der Waals surface area contributed by atoms with Gasteiger partial charge in [0.1, 0.15) is 5.75 Å². The second kappa shape index (κ2) is 3.59. The first-order chi connectivity index (χ1) is 5.65. The molecule has 0 fully saturated rings. The van der Waals surface area contributed by atoms with E-state index in [1.807, 2.05) is 25.1 Å². The van der Waals surface area contributed by atoms with Crippen LogP contribution in [0.2, 0.25) is 0 Å². The summed E-state index contributed by atoms with van der Waals surface area (Å²) in [5, 5.41) is 9.33. The normalized spacial score (nSPS) is 12.7. The summed E-state index contributed by atoms with van der Waals surface area (Å²) in [6.07, 6.45) is -0.407. The van der Waals surface area contributed by atoms with Gasteiger partial charge in [-0.3, -0.25) is 0 Å². The quantitative estimate of drug-likeness (QED) is 0.728. The molecule has 2 heteroatoms. The van der Waals surface area contributed by atoms with E-state index in [9.17, 15) is 5.11 Å². The van der Waals surface area contributed by atoms with Gasteiger partial charge in [-0.25, -0.2) is 0 Å². The van der Waals surface area contributed by atoms with Crippen molar-refractivity contribution in [1.29, 1.82) is 0 Å². The first-order valence-electron chi connectivity index (χ1n) is 3.97. The summed E-state index contributed by atoms with van der Waals surface area (Å²) in [6.45, 7) is 3.72. The molecule has 0 aliphatic heterocycles. The number of rotatable bonds is 2. The minimum absolute atomic E-state index is 0.407. The topological polar surface area (TPSA) is 29.5 Å². The van der Waals surface area contributed by atoms with E-state index in [2.05, 4.69) is 0 Å². The fraction of sp³-hybridized carbons (Fsp3) is 0.400. The molecule has 0 amide bonds. The maximum absolute atomic E-state index is 9.33. The molecule has 1 atom stereocenters. The number of aryl methyl sites for hydroxylation is 1. The highest BCUT2D eigenvalue weighted by Gasteiger charge is 2.04. The maximum Gasteiger partial charge on any atom is 0.119 e. The van der Waals surface area contributed by atoms with Gasteiger partial charge in [0.15, 0.2) is 0 Å². The molecule has 1 unspecified atom stereocenters. The van der Waals surface area contributed by atoms with Crippen LogP contribution in [-0.2, 0) is 0 Å². The van der Waals surface area contributed by atoms with Gasteiger partial charge in [-0.05, 0) is 37.1 Å². The van der Waals surface area contributed by atoms with Crippen LogP contribution in [0.25, 0.3) is 0 Å². The number of hydrogen-bond donors (Lipinski definition) is 1. The Hall–Kier alpha value is -1.02. The number of methoxy groups -OCH3 is 1. The average Bonchev–Trinajstić information content (AvgIpc) is 2.03. The fourth-order valence-electron chi connectivity index (χ4n) is 1.24. The number of aliphatic hydroxyl groups is 1. The van der Waals surface area contributed by atoms with Crippen molar-refractivity contribution in [2.45, 2.75) is 20.0 Å². The zero-order valence-corrected chi connectivity index (χ0v) is 7.66. The van der Waals surface area contributed by atoms with Crippen LogP contribution in [-0.4, -0.2) is 12.2 Å². The summed E-state index contributed by atoms with van der Waals surface area (Å²) in [5.74, 6) is 0.830. The Balaban J connectivity index is 3.03. The van der Waals surface area contributed by atoms with E-state index < -0.39 is 6.10 Å². The summed E-state index contributed by atoms with van der Waals surface area (Å²) < 4.78 is 5.05. The van der Waals surface area contributed by atoms with Gasteiger partial charge in [-0.1, -0.05) is 6.07 Å². The van der Waals surface area contributed by atoms with Crippen molar-refractivity contribution in [3.05, 3.63) is 29.3 Å². The molecule has 1 rings (SSSR count). The molecule has 0 aliphatic rings. The molecule has 0 aliphatic carbocycles. The first kappa shape index (κ1) is 9.07. The summed E-state index contributed by atoms with van der Waals surface area (Å²) in [6, 6.07) is 5.66. The molecule has 0 spiro atoms. The van der Waals surface area contributed by atoms with Crippen LogP contribution in [0.5, 0.6) is 5.75 Å². The van der Waals surface area contributed by atoms with Crippen LogP contribution in [0.3, 0.4) is 0 Å². The third-order valence-corrected chi connectivity index (χ3v) is 1.93. The molecule has 2 nitrogen and oxygen atoms in total. The molecule has 12 heavy (non-hydrogen) atoms. The second-order valence-corrected chi connectivity index (χ2v) is 2.90. The lowest BCUT2D eigenvalue weighted by Crippen LogP contribution is -1.95. The van der Waals surface area contributed by atoms with Crippen molar-refractivity contribution >= 4 is 0 Å². The third-order valence-electron chi connectivity index (χ3n) is 1.93. The molecule has 0 saturated heterocycles. The molecular formula is C10H14O2. The van der Waals surface area contributed by atoms with Gasteiger partial charge >= 0.3 is 0 Å². The fourth-order valence-corrected chi connectivity index (χ4v) is 1.24. The Bertz CT molecular complexity index is 267. The molecule has 0 saturated carbocycles. The Kier molecular flexibility index (Phi) is 2.71. The molecule has 1 aromatic rings. The monoisotopic (exact) mass is 166 g/mol. The highest BCUT2D eigenvalue weighted by Crippen LogP contribution is 2.21. The molecule has 0 bridgehead atoms. The van der Waals surface area contributed by atoms with Gasteiger partial charge in [0.05, 0.1) is 13.2 Å². The van der Waals surface area contributed by atoms with Gasteiger partial charge in [-0.2, -0.15) is 0 Å². The summed E-state index contributed by atoms with van der Waals surface area (Å²) in [4.78, 5) is 0. The molecular weight excluding hydrogens is 152 g/mol. The van der Waals surface area contributed by atoms with E-state index in [1.165, 1.54) is 0 Å². The molecule has 0 radical (unpaired) electrons. The minimum atomic E-state index is -0.407. The lowest BCUT2D eigenvalue weighted by atomic mass is 10.0. The van der Waals surface area contributed by atoms with Gasteiger partial charge in [-0.15, -0.1) is 0 Å². The van der Waals surface area contributed by atoms with Gasteiger partial charge in [0, 0.05) is 0 Å². The van der Waals surface area contributed by atoms with Gasteiger partial charge in [0.25, 0.3) is 0 Å². The van der Waals surface area contributed by atoms with Crippen LogP contribution in [0.15, 0.2) is 18.2 Å². The van der Waals surface area contributed by atoms with Crippen molar-refractivity contribution in [2.24, 2.45) is 0 Å². The molecule has 1 aromatic carbocycles. The van der Waals surface area contributed by atoms with Crippen molar-refractivity contribution < 1.29 is 9.84 Å². The first-order valence-corrected chi connectivity index (χ1v) is 3.97. The molecule has 0 heterocycles. The lowest BCUT2D eigenvalue weighted by Gasteiger charge is -2.09. The minimum Gasteiger partial charge on any atom is -0.497 e. The number of benzene rings is 1. The van der Waals surface area contributed by atoms with Crippen LogP contribution >= 0.6 is 0 Å².